The third kappa shape index (κ3) is 7.81. The van der Waals surface area contributed by atoms with Gasteiger partial charge in [0.15, 0.2) is 0 Å². The van der Waals surface area contributed by atoms with Crippen LogP contribution in [0, 0.1) is 10.1 Å². The highest BCUT2D eigenvalue weighted by Gasteiger charge is 2.32. The van der Waals surface area contributed by atoms with E-state index < -0.39 is 39.3 Å². The summed E-state index contributed by atoms with van der Waals surface area (Å²) in [6.45, 7) is 4.55. The number of benzene rings is 2. The van der Waals surface area contributed by atoms with Crippen molar-refractivity contribution < 1.29 is 32.4 Å². The molecule has 0 saturated heterocycles. The molecule has 2 aromatic rings. The molecule has 1 N–H and O–H groups in total. The number of amides is 2. The minimum atomic E-state index is -4.11. The molecule has 2 rings (SSSR count). The molecule has 0 bridgehead atoms. The molecule has 208 valence electrons. The molecule has 2 amide bonds. The maximum absolute atomic E-state index is 13.7. The number of anilines is 1. The monoisotopic (exact) mass is 550 g/mol. The molecule has 0 radical (unpaired) electrons. The first-order valence-electron chi connectivity index (χ1n) is 11.8. The number of hydrogen-bond acceptors (Lipinski definition) is 8. The second-order valence-electron chi connectivity index (χ2n) is 8.75. The average molecular weight is 551 g/mol. The molecule has 0 aliphatic carbocycles. The van der Waals surface area contributed by atoms with Gasteiger partial charge in [0.1, 0.15) is 29.8 Å². The molecule has 13 heteroatoms. The Morgan fingerprint density at radius 1 is 1.11 bits per heavy atom. The van der Waals surface area contributed by atoms with Crippen molar-refractivity contribution in [2.24, 2.45) is 0 Å². The number of nitro benzene ring substituents is 1. The van der Waals surface area contributed by atoms with Crippen molar-refractivity contribution in [1.29, 1.82) is 0 Å². The summed E-state index contributed by atoms with van der Waals surface area (Å²) in [4.78, 5) is 38.6. The number of methoxy groups -OCH3 is 2. The summed E-state index contributed by atoms with van der Waals surface area (Å²) in [5.41, 5.74) is 0.103. The quantitative estimate of drug-likeness (QED) is 0.296. The fourth-order valence-corrected chi connectivity index (χ4v) is 4.44. The summed E-state index contributed by atoms with van der Waals surface area (Å²) < 4.78 is 36.8. The number of nitrogens with zero attached hydrogens (tertiary/aromatic N) is 3. The normalized spacial score (nSPS) is 12.7. The maximum Gasteiger partial charge on any atom is 0.271 e. The second kappa shape index (κ2) is 13.1. The number of hydrogen-bond donors (Lipinski definition) is 1. The van der Waals surface area contributed by atoms with Crippen molar-refractivity contribution in [2.75, 3.05) is 31.3 Å². The molecule has 0 aromatic heterocycles. The number of rotatable bonds is 13. The van der Waals surface area contributed by atoms with Gasteiger partial charge in [0.2, 0.25) is 21.8 Å². The number of nitrogens with one attached hydrogen (secondary N) is 1. The Bertz CT molecular complexity index is 1270. The number of ether oxygens (including phenoxy) is 2. The molecule has 0 heterocycles. The van der Waals surface area contributed by atoms with Crippen LogP contribution in [0.4, 0.5) is 11.4 Å². The Hall–Kier alpha value is -3.87. The zero-order chi connectivity index (χ0) is 28.6. The van der Waals surface area contributed by atoms with E-state index in [9.17, 15) is 28.1 Å². The third-order valence-corrected chi connectivity index (χ3v) is 7.10. The molecule has 0 unspecified atom stereocenters. The first-order valence-corrected chi connectivity index (χ1v) is 13.7. The lowest BCUT2D eigenvalue weighted by atomic mass is 10.1. The molecule has 0 fully saturated rings. The Labute approximate surface area is 222 Å². The van der Waals surface area contributed by atoms with Gasteiger partial charge >= 0.3 is 0 Å². The maximum atomic E-state index is 13.7. The Balaban J connectivity index is 2.53. The average Bonchev–Trinajstić information content (AvgIpc) is 2.88. The van der Waals surface area contributed by atoms with Crippen LogP contribution >= 0.6 is 0 Å². The SMILES string of the molecule is CC[C@@H](C)NC(=O)[C@@H](C)N(Cc1cccc(OC)c1)C(=O)CN(c1cc([N+](=O)[O-])ccc1OC)S(C)(=O)=O. The van der Waals surface area contributed by atoms with Gasteiger partial charge in [0, 0.05) is 24.7 Å². The van der Waals surface area contributed by atoms with Crippen LogP contribution < -0.4 is 19.1 Å². The zero-order valence-electron chi connectivity index (χ0n) is 22.3. The van der Waals surface area contributed by atoms with Crippen LogP contribution in [-0.4, -0.2) is 69.2 Å². The smallest absolute Gasteiger partial charge is 0.271 e. The number of nitro groups is 1. The fourth-order valence-electron chi connectivity index (χ4n) is 3.60. The van der Waals surface area contributed by atoms with Gasteiger partial charge in [-0.25, -0.2) is 8.42 Å². The van der Waals surface area contributed by atoms with Crippen molar-refractivity contribution in [1.82, 2.24) is 10.2 Å². The molecule has 0 saturated carbocycles. The van der Waals surface area contributed by atoms with E-state index in [1.54, 1.807) is 31.2 Å². The van der Waals surface area contributed by atoms with E-state index >= 15 is 0 Å². The number of sulfonamides is 1. The summed E-state index contributed by atoms with van der Waals surface area (Å²) in [6.07, 6.45) is 1.56. The van der Waals surface area contributed by atoms with E-state index in [2.05, 4.69) is 5.32 Å². The van der Waals surface area contributed by atoms with Crippen molar-refractivity contribution >= 4 is 33.2 Å². The molecule has 12 nitrogen and oxygen atoms in total. The molecule has 0 aliphatic rings. The summed E-state index contributed by atoms with van der Waals surface area (Å²) in [5.74, 6) is -0.533. The summed E-state index contributed by atoms with van der Waals surface area (Å²) >= 11 is 0. The van der Waals surface area contributed by atoms with E-state index in [0.29, 0.717) is 17.7 Å². The number of carbonyl (C=O) groups excluding carboxylic acids is 2. The van der Waals surface area contributed by atoms with Gasteiger partial charge in [-0.05, 0) is 44.0 Å². The van der Waals surface area contributed by atoms with Gasteiger partial charge < -0.3 is 19.7 Å². The van der Waals surface area contributed by atoms with Gasteiger partial charge in [-0.3, -0.25) is 24.0 Å². The van der Waals surface area contributed by atoms with Crippen LogP contribution in [0.2, 0.25) is 0 Å². The number of non-ortho nitro benzene ring substituents is 1. The molecule has 2 atom stereocenters. The molecule has 0 aliphatic heterocycles. The minimum absolute atomic E-state index is 0.0190. The van der Waals surface area contributed by atoms with Crippen LogP contribution in [0.1, 0.15) is 32.8 Å². The second-order valence-corrected chi connectivity index (χ2v) is 10.7. The third-order valence-electron chi connectivity index (χ3n) is 5.98. The van der Waals surface area contributed by atoms with Crippen LogP contribution in [0.5, 0.6) is 11.5 Å². The van der Waals surface area contributed by atoms with E-state index in [1.807, 2.05) is 13.8 Å². The van der Waals surface area contributed by atoms with Gasteiger partial charge in [0.05, 0.1) is 25.4 Å². The molecule has 0 spiro atoms. The first-order chi connectivity index (χ1) is 17.8. The van der Waals surface area contributed by atoms with E-state index in [0.717, 1.165) is 16.6 Å². The highest BCUT2D eigenvalue weighted by Crippen LogP contribution is 2.34. The van der Waals surface area contributed by atoms with E-state index in [1.165, 1.54) is 31.3 Å². The Morgan fingerprint density at radius 3 is 2.34 bits per heavy atom. The molecular formula is C25H34N4O8S. The van der Waals surface area contributed by atoms with Gasteiger partial charge in [-0.1, -0.05) is 19.1 Å². The summed E-state index contributed by atoms with van der Waals surface area (Å²) in [5, 5.41) is 14.2. The van der Waals surface area contributed by atoms with Crippen LogP contribution in [0.15, 0.2) is 42.5 Å². The number of carbonyl (C=O) groups is 2. The van der Waals surface area contributed by atoms with Crippen molar-refractivity contribution in [2.45, 2.75) is 45.8 Å². The lowest BCUT2D eigenvalue weighted by Gasteiger charge is -2.32. The van der Waals surface area contributed by atoms with Gasteiger partial charge in [-0.15, -0.1) is 0 Å². The van der Waals surface area contributed by atoms with Crippen LogP contribution in [0.3, 0.4) is 0 Å². The molecule has 2 aromatic carbocycles. The largest absolute Gasteiger partial charge is 0.497 e. The summed E-state index contributed by atoms with van der Waals surface area (Å²) in [7, 11) is -1.33. The Kier molecular flexibility index (Phi) is 10.5. The van der Waals surface area contributed by atoms with Crippen LogP contribution in [0.25, 0.3) is 0 Å². The highest BCUT2D eigenvalue weighted by atomic mass is 32.2. The van der Waals surface area contributed by atoms with E-state index in [-0.39, 0.29) is 29.7 Å². The predicted molar refractivity (Wildman–Crippen MR) is 143 cm³/mol. The van der Waals surface area contributed by atoms with Gasteiger partial charge in [0.25, 0.3) is 5.69 Å². The zero-order valence-corrected chi connectivity index (χ0v) is 23.1. The topological polar surface area (TPSA) is 148 Å². The highest BCUT2D eigenvalue weighted by molar-refractivity contribution is 7.92. The molecule has 38 heavy (non-hydrogen) atoms. The van der Waals surface area contributed by atoms with Crippen molar-refractivity contribution in [3.63, 3.8) is 0 Å². The lowest BCUT2D eigenvalue weighted by Crippen LogP contribution is -2.52. The first kappa shape index (κ1) is 30.4. The van der Waals surface area contributed by atoms with Crippen molar-refractivity contribution in [3.05, 3.63) is 58.1 Å². The fraction of sp³-hybridized carbons (Fsp3) is 0.440. The standard InChI is InChI=1S/C25H34N4O8S/c1-7-17(2)26-25(31)18(3)27(15-19-9-8-10-21(13-19)36-4)24(30)16-28(38(6,34)35)22-14-20(29(32)33)11-12-23(22)37-5/h8-14,17-18H,7,15-16H2,1-6H3,(H,26,31)/t17-,18-/m1/s1. The predicted octanol–water partition coefficient (Wildman–Crippen LogP) is 2.71. The van der Waals surface area contributed by atoms with Gasteiger partial charge in [-0.2, -0.15) is 0 Å². The van der Waals surface area contributed by atoms with Crippen molar-refractivity contribution in [3.8, 4) is 11.5 Å². The molecular weight excluding hydrogens is 516 g/mol. The minimum Gasteiger partial charge on any atom is -0.497 e. The van der Waals surface area contributed by atoms with E-state index in [4.69, 9.17) is 9.47 Å². The summed E-state index contributed by atoms with van der Waals surface area (Å²) in [6, 6.07) is 9.27. The van der Waals surface area contributed by atoms with Crippen LogP contribution in [-0.2, 0) is 26.2 Å². The Morgan fingerprint density at radius 2 is 1.79 bits per heavy atom. The lowest BCUT2D eigenvalue weighted by molar-refractivity contribution is -0.384.